The highest BCUT2D eigenvalue weighted by atomic mass is 32.2. The van der Waals surface area contributed by atoms with Crippen LogP contribution in [-0.4, -0.2) is 39.2 Å². The minimum atomic E-state index is -3.68. The second-order valence-electron chi connectivity index (χ2n) is 8.15. The minimum absolute atomic E-state index is 0.155. The van der Waals surface area contributed by atoms with Crippen molar-refractivity contribution >= 4 is 10.0 Å². The summed E-state index contributed by atoms with van der Waals surface area (Å²) in [5.74, 6) is 0.0683. The zero-order chi connectivity index (χ0) is 23.3. The first-order valence-corrected chi connectivity index (χ1v) is 11.9. The zero-order valence-electron chi connectivity index (χ0n) is 18.4. The molecule has 0 aliphatic carbocycles. The average Bonchev–Trinajstić information content (AvgIpc) is 3.41. The van der Waals surface area contributed by atoms with Crippen molar-refractivity contribution in [1.82, 2.24) is 24.3 Å². The number of sulfonamides is 1. The molecule has 10 heteroatoms. The van der Waals surface area contributed by atoms with E-state index in [4.69, 9.17) is 4.42 Å². The molecule has 0 unspecified atom stereocenters. The van der Waals surface area contributed by atoms with Crippen LogP contribution in [0.5, 0.6) is 0 Å². The molecule has 5 rings (SSSR count). The maximum Gasteiger partial charge on any atom is 0.268 e. The summed E-state index contributed by atoms with van der Waals surface area (Å²) >= 11 is 0. The lowest BCUT2D eigenvalue weighted by atomic mass is 10.1. The smallest absolute Gasteiger partial charge is 0.268 e. The van der Waals surface area contributed by atoms with Crippen LogP contribution in [0.3, 0.4) is 0 Å². The van der Waals surface area contributed by atoms with Crippen LogP contribution in [0, 0.1) is 19.7 Å². The summed E-state index contributed by atoms with van der Waals surface area (Å²) in [6.07, 6.45) is 0.516. The van der Waals surface area contributed by atoms with E-state index in [0.29, 0.717) is 24.2 Å². The number of aromatic nitrogens is 4. The van der Waals surface area contributed by atoms with E-state index >= 15 is 0 Å². The lowest BCUT2D eigenvalue weighted by Crippen LogP contribution is -2.36. The van der Waals surface area contributed by atoms with Crippen LogP contribution in [0.2, 0.25) is 0 Å². The average molecular weight is 468 g/mol. The summed E-state index contributed by atoms with van der Waals surface area (Å²) in [4.78, 5) is 0.274. The van der Waals surface area contributed by atoms with Crippen molar-refractivity contribution in [3.8, 4) is 23.0 Å². The number of nitrogens with zero attached hydrogens (tertiary/aromatic N) is 5. The lowest BCUT2D eigenvalue weighted by molar-refractivity contribution is 0.386. The van der Waals surface area contributed by atoms with Gasteiger partial charge in [-0.2, -0.15) is 9.40 Å². The van der Waals surface area contributed by atoms with Gasteiger partial charge in [0.1, 0.15) is 5.82 Å². The first-order valence-electron chi connectivity index (χ1n) is 10.5. The molecule has 2 aromatic carbocycles. The van der Waals surface area contributed by atoms with Crippen LogP contribution in [0.4, 0.5) is 4.39 Å². The number of fused-ring (bicyclic) bond motifs is 1. The Kier molecular flexibility index (Phi) is 5.13. The summed E-state index contributed by atoms with van der Waals surface area (Å²) in [5, 5.41) is 12.7. The molecule has 170 valence electrons. The lowest BCUT2D eigenvalue weighted by Gasteiger charge is -2.27. The van der Waals surface area contributed by atoms with Gasteiger partial charge in [0.25, 0.3) is 5.89 Å². The largest absolute Gasteiger partial charge is 0.415 e. The first kappa shape index (κ1) is 21.5. The predicted octanol–water partition coefficient (Wildman–Crippen LogP) is 3.64. The standard InChI is InChI=1S/C23H22FN5O3S/c1-14-4-9-18(12-15(14)2)33(30,31)29-11-10-20-19(13-29)21(27-28(20)3)23-26-25-22(32-23)16-5-7-17(24)8-6-16/h4-9,12H,10-11,13H2,1-3H3. The van der Waals surface area contributed by atoms with Gasteiger partial charge in [-0.3, -0.25) is 4.68 Å². The number of hydrogen-bond donors (Lipinski definition) is 0. The van der Waals surface area contributed by atoms with E-state index in [1.165, 1.54) is 16.4 Å². The molecule has 4 aromatic rings. The molecule has 0 radical (unpaired) electrons. The molecule has 33 heavy (non-hydrogen) atoms. The summed E-state index contributed by atoms with van der Waals surface area (Å²) in [7, 11) is -1.87. The second-order valence-corrected chi connectivity index (χ2v) is 10.1. The summed E-state index contributed by atoms with van der Waals surface area (Å²) in [6.45, 7) is 4.36. The van der Waals surface area contributed by atoms with E-state index in [1.54, 1.807) is 28.9 Å². The van der Waals surface area contributed by atoms with Crippen LogP contribution in [0.1, 0.15) is 22.4 Å². The monoisotopic (exact) mass is 467 g/mol. The van der Waals surface area contributed by atoms with Crippen LogP contribution < -0.4 is 0 Å². The van der Waals surface area contributed by atoms with Gasteiger partial charge in [0.15, 0.2) is 5.69 Å². The Hall–Kier alpha value is -3.37. The molecule has 0 N–H and O–H groups in total. The maximum absolute atomic E-state index is 13.3. The highest BCUT2D eigenvalue weighted by Gasteiger charge is 2.33. The maximum atomic E-state index is 13.3. The molecule has 0 amide bonds. The first-order chi connectivity index (χ1) is 15.7. The summed E-state index contributed by atoms with van der Waals surface area (Å²) < 4.78 is 48.9. The fraction of sp³-hybridized carbons (Fsp3) is 0.261. The minimum Gasteiger partial charge on any atom is -0.415 e. The molecule has 2 aromatic heterocycles. The molecule has 0 atom stereocenters. The van der Waals surface area contributed by atoms with Crippen molar-refractivity contribution in [3.63, 3.8) is 0 Å². The van der Waals surface area contributed by atoms with Crippen molar-refractivity contribution in [2.75, 3.05) is 6.54 Å². The molecule has 8 nitrogen and oxygen atoms in total. The number of aryl methyl sites for hydroxylation is 3. The highest BCUT2D eigenvalue weighted by Crippen LogP contribution is 2.33. The van der Waals surface area contributed by atoms with Gasteiger partial charge >= 0.3 is 0 Å². The number of hydrogen-bond acceptors (Lipinski definition) is 6. The van der Waals surface area contributed by atoms with Crippen molar-refractivity contribution in [2.24, 2.45) is 7.05 Å². The van der Waals surface area contributed by atoms with Crippen LogP contribution in [0.15, 0.2) is 51.8 Å². The van der Waals surface area contributed by atoms with E-state index in [-0.39, 0.29) is 29.0 Å². The van der Waals surface area contributed by atoms with Crippen LogP contribution in [0.25, 0.3) is 23.0 Å². The second kappa shape index (κ2) is 7.89. The predicted molar refractivity (Wildman–Crippen MR) is 119 cm³/mol. The van der Waals surface area contributed by atoms with E-state index in [9.17, 15) is 12.8 Å². The van der Waals surface area contributed by atoms with Gasteiger partial charge in [-0.15, -0.1) is 10.2 Å². The molecule has 0 fully saturated rings. The number of rotatable bonds is 4. The molecule has 0 saturated heterocycles. The summed E-state index contributed by atoms with van der Waals surface area (Å²) in [6, 6.07) is 10.9. The van der Waals surface area contributed by atoms with E-state index in [0.717, 1.165) is 22.4 Å². The van der Waals surface area contributed by atoms with E-state index in [2.05, 4.69) is 15.3 Å². The van der Waals surface area contributed by atoms with Crippen molar-refractivity contribution in [3.05, 3.63) is 70.7 Å². The van der Waals surface area contributed by atoms with E-state index < -0.39 is 10.0 Å². The Labute approximate surface area is 190 Å². The Morgan fingerprint density at radius 3 is 2.45 bits per heavy atom. The highest BCUT2D eigenvalue weighted by molar-refractivity contribution is 7.89. The molecule has 1 aliphatic rings. The van der Waals surface area contributed by atoms with Crippen molar-refractivity contribution in [1.29, 1.82) is 0 Å². The fourth-order valence-corrected chi connectivity index (χ4v) is 5.49. The van der Waals surface area contributed by atoms with Crippen LogP contribution in [-0.2, 0) is 30.0 Å². The van der Waals surface area contributed by atoms with Gasteiger partial charge in [0.2, 0.25) is 15.9 Å². The fourth-order valence-electron chi connectivity index (χ4n) is 4.00. The van der Waals surface area contributed by atoms with Gasteiger partial charge < -0.3 is 4.42 Å². The van der Waals surface area contributed by atoms with E-state index in [1.807, 2.05) is 27.0 Å². The van der Waals surface area contributed by atoms with Gasteiger partial charge in [0, 0.05) is 43.4 Å². The Balaban J connectivity index is 1.49. The molecule has 0 spiro atoms. The Morgan fingerprint density at radius 2 is 1.73 bits per heavy atom. The molecular weight excluding hydrogens is 445 g/mol. The number of benzene rings is 2. The summed E-state index contributed by atoms with van der Waals surface area (Å²) in [5.41, 5.74) is 4.67. The van der Waals surface area contributed by atoms with Gasteiger partial charge in [-0.1, -0.05) is 6.07 Å². The third-order valence-corrected chi connectivity index (χ3v) is 7.88. The molecule has 3 heterocycles. The third-order valence-electron chi connectivity index (χ3n) is 6.04. The topological polar surface area (TPSA) is 94.1 Å². The van der Waals surface area contributed by atoms with Gasteiger partial charge in [-0.05, 0) is 61.4 Å². The molecule has 0 saturated carbocycles. The third kappa shape index (κ3) is 3.75. The molecule has 1 aliphatic heterocycles. The Morgan fingerprint density at radius 1 is 1.00 bits per heavy atom. The number of halogens is 1. The van der Waals surface area contributed by atoms with Crippen molar-refractivity contribution < 1.29 is 17.2 Å². The SMILES string of the molecule is Cc1ccc(S(=O)(=O)N2CCc3c(c(-c4nnc(-c5ccc(F)cc5)o4)nn3C)C2)cc1C. The molecular formula is C23H22FN5O3S. The van der Waals surface area contributed by atoms with Gasteiger partial charge in [0.05, 0.1) is 4.90 Å². The Bertz CT molecular complexity index is 1460. The van der Waals surface area contributed by atoms with Crippen LogP contribution >= 0.6 is 0 Å². The molecule has 0 bridgehead atoms. The normalized spacial score (nSPS) is 14.4. The van der Waals surface area contributed by atoms with Gasteiger partial charge in [-0.25, -0.2) is 12.8 Å². The van der Waals surface area contributed by atoms with Crippen molar-refractivity contribution in [2.45, 2.75) is 31.7 Å². The quantitative estimate of drug-likeness (QED) is 0.455. The zero-order valence-corrected chi connectivity index (χ0v) is 19.2.